The summed E-state index contributed by atoms with van der Waals surface area (Å²) < 4.78 is 17.5. The third-order valence-corrected chi connectivity index (χ3v) is 7.45. The lowest BCUT2D eigenvalue weighted by molar-refractivity contribution is 0.0734. The molecule has 0 saturated carbocycles. The topological polar surface area (TPSA) is 44.8 Å². The fraction of sp³-hybridized carbons (Fsp3) is 0.472. The molecule has 2 atom stereocenters. The number of hydrogen-bond donors (Lipinski definition) is 0. The van der Waals surface area contributed by atoms with Crippen molar-refractivity contribution in [3.05, 3.63) is 78.4 Å². The summed E-state index contributed by atoms with van der Waals surface area (Å²) in [6, 6.07) is 22.9. The molecule has 0 amide bonds. The molecule has 3 aromatic carbocycles. The summed E-state index contributed by atoms with van der Waals surface area (Å²) >= 11 is 0. The summed E-state index contributed by atoms with van der Waals surface area (Å²) in [6.07, 6.45) is 12.3. The molecule has 0 spiro atoms. The van der Waals surface area contributed by atoms with Gasteiger partial charge in [-0.25, -0.2) is 4.79 Å². The van der Waals surface area contributed by atoms with Gasteiger partial charge >= 0.3 is 5.97 Å². The zero-order chi connectivity index (χ0) is 28.6. The summed E-state index contributed by atoms with van der Waals surface area (Å²) in [5, 5.41) is 0. The second kappa shape index (κ2) is 17.4. The summed E-state index contributed by atoms with van der Waals surface area (Å²) in [5.41, 5.74) is 2.65. The largest absolute Gasteiger partial charge is 0.494 e. The minimum Gasteiger partial charge on any atom is -0.494 e. The molecular formula is C36H48O4. The molecule has 0 heterocycles. The van der Waals surface area contributed by atoms with Crippen LogP contribution in [0.2, 0.25) is 0 Å². The van der Waals surface area contributed by atoms with Gasteiger partial charge in [-0.1, -0.05) is 90.0 Å². The summed E-state index contributed by atoms with van der Waals surface area (Å²) in [5.74, 6) is 2.63. The first-order valence-corrected chi connectivity index (χ1v) is 15.3. The number of carbonyl (C=O) groups excluding carboxylic acids is 1. The molecule has 0 aliphatic heterocycles. The van der Waals surface area contributed by atoms with E-state index in [0.29, 0.717) is 11.3 Å². The van der Waals surface area contributed by atoms with Crippen LogP contribution in [0.1, 0.15) is 102 Å². The van der Waals surface area contributed by atoms with Gasteiger partial charge in [-0.3, -0.25) is 0 Å². The Bertz CT molecular complexity index is 1100. The summed E-state index contributed by atoms with van der Waals surface area (Å²) in [6.45, 7) is 9.65. The lowest BCUT2D eigenvalue weighted by Crippen LogP contribution is -2.12. The first-order valence-electron chi connectivity index (χ1n) is 15.3. The maximum absolute atomic E-state index is 12.7. The molecule has 0 saturated heterocycles. The van der Waals surface area contributed by atoms with Crippen molar-refractivity contribution >= 4 is 5.97 Å². The van der Waals surface area contributed by atoms with Gasteiger partial charge in [0.05, 0.1) is 18.3 Å². The predicted molar refractivity (Wildman–Crippen MR) is 166 cm³/mol. The fourth-order valence-electron chi connectivity index (χ4n) is 4.61. The molecule has 4 heteroatoms. The van der Waals surface area contributed by atoms with Crippen molar-refractivity contribution in [3.63, 3.8) is 0 Å². The SMILES string of the molecule is CCCCCC[C@@H](C)Oc1ccc(C(=O)Oc2ccc(-c3ccc(OCCCCC[C@@H](C)CC)cc3)cc2)cc1. The number of ether oxygens (including phenoxy) is 3. The highest BCUT2D eigenvalue weighted by atomic mass is 16.5. The van der Waals surface area contributed by atoms with Crippen molar-refractivity contribution in [2.75, 3.05) is 6.61 Å². The molecular weight excluding hydrogens is 496 g/mol. The highest BCUT2D eigenvalue weighted by molar-refractivity contribution is 5.91. The lowest BCUT2D eigenvalue weighted by Gasteiger charge is -2.14. The quantitative estimate of drug-likeness (QED) is 0.0907. The molecule has 0 unspecified atom stereocenters. The van der Waals surface area contributed by atoms with Gasteiger partial charge in [0.1, 0.15) is 17.2 Å². The third-order valence-electron chi connectivity index (χ3n) is 7.45. The van der Waals surface area contributed by atoms with Gasteiger partial charge in [0.25, 0.3) is 0 Å². The van der Waals surface area contributed by atoms with Crippen LogP contribution in [-0.2, 0) is 0 Å². The van der Waals surface area contributed by atoms with E-state index in [4.69, 9.17) is 14.2 Å². The van der Waals surface area contributed by atoms with E-state index in [9.17, 15) is 4.79 Å². The number of esters is 1. The summed E-state index contributed by atoms with van der Waals surface area (Å²) in [7, 11) is 0. The van der Waals surface area contributed by atoms with E-state index >= 15 is 0 Å². The molecule has 40 heavy (non-hydrogen) atoms. The highest BCUT2D eigenvalue weighted by Gasteiger charge is 2.11. The third kappa shape index (κ3) is 11.1. The second-order valence-electron chi connectivity index (χ2n) is 11.0. The van der Waals surface area contributed by atoms with Crippen LogP contribution in [0.4, 0.5) is 0 Å². The Kier molecular flexibility index (Phi) is 13.6. The number of hydrogen-bond acceptors (Lipinski definition) is 4. The van der Waals surface area contributed by atoms with E-state index in [2.05, 4.69) is 39.8 Å². The first kappa shape index (κ1) is 31.3. The Balaban J connectivity index is 1.42. The molecule has 3 aromatic rings. The molecule has 4 nitrogen and oxygen atoms in total. The smallest absolute Gasteiger partial charge is 0.343 e. The van der Waals surface area contributed by atoms with Crippen LogP contribution in [0.5, 0.6) is 17.2 Å². The molecule has 0 bridgehead atoms. The molecule has 0 aliphatic carbocycles. The van der Waals surface area contributed by atoms with E-state index in [1.165, 1.54) is 51.4 Å². The monoisotopic (exact) mass is 544 g/mol. The minimum absolute atomic E-state index is 0.158. The zero-order valence-corrected chi connectivity index (χ0v) is 25.0. The fourth-order valence-corrected chi connectivity index (χ4v) is 4.61. The van der Waals surface area contributed by atoms with Crippen LogP contribution < -0.4 is 14.2 Å². The Morgan fingerprint density at radius 1 is 0.650 bits per heavy atom. The van der Waals surface area contributed by atoms with Crippen LogP contribution in [0.25, 0.3) is 11.1 Å². The standard InChI is InChI=1S/C36H48O4/c1-5-7-8-11-14-29(4)39-34-25-19-32(20-26-34)36(37)40-35-23-17-31(18-24-35)30-15-21-33(22-16-30)38-27-12-9-10-13-28(3)6-2/h15-26,28-29H,5-14,27H2,1-4H3/t28-,29+/m0/s1. The van der Waals surface area contributed by atoms with Gasteiger partial charge in [-0.05, 0) is 91.8 Å². The minimum atomic E-state index is -0.381. The van der Waals surface area contributed by atoms with Crippen LogP contribution in [0, 0.1) is 5.92 Å². The molecule has 0 fully saturated rings. The van der Waals surface area contributed by atoms with Crippen molar-refractivity contribution in [1.82, 2.24) is 0 Å². The Labute approximate surface area is 242 Å². The highest BCUT2D eigenvalue weighted by Crippen LogP contribution is 2.26. The number of benzene rings is 3. The van der Waals surface area contributed by atoms with Gasteiger partial charge < -0.3 is 14.2 Å². The zero-order valence-electron chi connectivity index (χ0n) is 25.0. The van der Waals surface area contributed by atoms with Crippen molar-refractivity contribution in [3.8, 4) is 28.4 Å². The second-order valence-corrected chi connectivity index (χ2v) is 11.0. The van der Waals surface area contributed by atoms with Gasteiger partial charge in [0.2, 0.25) is 0 Å². The Morgan fingerprint density at radius 2 is 1.23 bits per heavy atom. The van der Waals surface area contributed by atoms with E-state index in [1.807, 2.05) is 48.5 Å². The Hall–Kier alpha value is -3.27. The number of rotatable bonds is 18. The van der Waals surface area contributed by atoms with Crippen LogP contribution >= 0.6 is 0 Å². The lowest BCUT2D eigenvalue weighted by atomic mass is 10.0. The summed E-state index contributed by atoms with van der Waals surface area (Å²) in [4.78, 5) is 12.7. The average Bonchev–Trinajstić information content (AvgIpc) is 2.98. The van der Waals surface area contributed by atoms with E-state index in [-0.39, 0.29) is 12.1 Å². The Morgan fingerprint density at radius 3 is 1.85 bits per heavy atom. The van der Waals surface area contributed by atoms with Crippen LogP contribution in [0.15, 0.2) is 72.8 Å². The van der Waals surface area contributed by atoms with Crippen molar-refractivity contribution in [2.45, 2.75) is 98.0 Å². The molecule has 216 valence electrons. The molecule has 3 rings (SSSR count). The van der Waals surface area contributed by atoms with Crippen LogP contribution in [-0.4, -0.2) is 18.7 Å². The normalized spacial score (nSPS) is 12.5. The number of unbranched alkanes of at least 4 members (excludes halogenated alkanes) is 5. The van der Waals surface area contributed by atoms with Crippen molar-refractivity contribution in [1.29, 1.82) is 0 Å². The van der Waals surface area contributed by atoms with E-state index in [1.54, 1.807) is 12.1 Å². The first-order chi connectivity index (χ1) is 19.5. The van der Waals surface area contributed by atoms with E-state index < -0.39 is 0 Å². The van der Waals surface area contributed by atoms with Gasteiger partial charge in [0, 0.05) is 0 Å². The van der Waals surface area contributed by atoms with Crippen molar-refractivity contribution < 1.29 is 19.0 Å². The molecule has 0 N–H and O–H groups in total. The maximum Gasteiger partial charge on any atom is 0.343 e. The van der Waals surface area contributed by atoms with Crippen molar-refractivity contribution in [2.24, 2.45) is 5.92 Å². The average molecular weight is 545 g/mol. The van der Waals surface area contributed by atoms with Gasteiger partial charge in [-0.15, -0.1) is 0 Å². The molecule has 0 aliphatic rings. The molecule has 0 aromatic heterocycles. The molecule has 0 radical (unpaired) electrons. The number of carbonyl (C=O) groups is 1. The van der Waals surface area contributed by atoms with Gasteiger partial charge in [0.15, 0.2) is 0 Å². The predicted octanol–water partition coefficient (Wildman–Crippen LogP) is 10.3. The van der Waals surface area contributed by atoms with Crippen LogP contribution in [0.3, 0.4) is 0 Å². The maximum atomic E-state index is 12.7. The van der Waals surface area contributed by atoms with E-state index in [0.717, 1.165) is 48.0 Å². The van der Waals surface area contributed by atoms with Gasteiger partial charge in [-0.2, -0.15) is 0 Å².